The molecule has 0 saturated carbocycles. The Bertz CT molecular complexity index is 1990. The Morgan fingerprint density at radius 3 is 2.35 bits per heavy atom. The molecule has 0 unspecified atom stereocenters. The van der Waals surface area contributed by atoms with E-state index in [1.807, 2.05) is 66.7 Å². The van der Waals surface area contributed by atoms with Gasteiger partial charge in [-0.3, -0.25) is 14.2 Å². The maximum atomic E-state index is 14.2. The lowest BCUT2D eigenvalue weighted by Crippen LogP contribution is -2.29. The molecule has 0 fully saturated rings. The van der Waals surface area contributed by atoms with Crippen LogP contribution in [-0.2, 0) is 11.3 Å². The number of benzene rings is 4. The largest absolute Gasteiger partial charge is 0.497 e. The van der Waals surface area contributed by atoms with E-state index in [0.717, 1.165) is 22.5 Å². The van der Waals surface area contributed by atoms with E-state index < -0.39 is 17.8 Å². The molecule has 0 aliphatic carbocycles. The zero-order chi connectivity index (χ0) is 34.3. The minimum absolute atomic E-state index is 0.0191. The average Bonchev–Trinajstić information content (AvgIpc) is 3.78. The summed E-state index contributed by atoms with van der Waals surface area (Å²) in [6.07, 6.45) is 0.443. The molecule has 250 valence electrons. The molecule has 0 spiro atoms. The van der Waals surface area contributed by atoms with E-state index >= 15 is 0 Å². The van der Waals surface area contributed by atoms with Crippen molar-refractivity contribution >= 4 is 29.3 Å². The van der Waals surface area contributed by atoms with Crippen LogP contribution >= 0.6 is 11.8 Å². The van der Waals surface area contributed by atoms with Crippen LogP contribution in [0.15, 0.2) is 107 Å². The molecule has 11 nitrogen and oxygen atoms in total. The summed E-state index contributed by atoms with van der Waals surface area (Å²) in [5.74, 6) is 0.710. The topological polar surface area (TPSA) is 120 Å². The van der Waals surface area contributed by atoms with Gasteiger partial charge in [0.25, 0.3) is 11.8 Å². The predicted octanol–water partition coefficient (Wildman–Crippen LogP) is 5.83. The number of rotatable bonds is 12. The van der Waals surface area contributed by atoms with Crippen molar-refractivity contribution < 1.29 is 28.2 Å². The summed E-state index contributed by atoms with van der Waals surface area (Å²) in [4.78, 5) is 26.8. The van der Waals surface area contributed by atoms with Gasteiger partial charge >= 0.3 is 0 Å². The van der Waals surface area contributed by atoms with Crippen molar-refractivity contribution in [3.63, 3.8) is 0 Å². The van der Waals surface area contributed by atoms with Gasteiger partial charge in [-0.1, -0.05) is 54.2 Å². The summed E-state index contributed by atoms with van der Waals surface area (Å²) in [7, 11) is 4.74. The molecule has 1 N–H and O–H groups in total. The van der Waals surface area contributed by atoms with E-state index in [4.69, 9.17) is 19.3 Å². The standard InChI is InChI=1S/C36H33FN6O5S/c1-46-25-18-16-23(17-19-25)29-20-30(27-13-9-15-31(47-2)34(27)48-3)43(41-29)33(44)22-49-36-40-39-32(42(36)24-10-5-4-6-11-24)21-38-35(45)26-12-7-8-14-28(26)37/h4-19,30H,20-22H2,1-3H3,(H,38,45)/t30-/m1/s1. The van der Waals surface area contributed by atoms with Gasteiger partial charge in [-0.05, 0) is 60.2 Å². The van der Waals surface area contributed by atoms with Crippen molar-refractivity contribution in [3.05, 3.63) is 125 Å². The van der Waals surface area contributed by atoms with Crippen LogP contribution in [0.5, 0.6) is 17.2 Å². The minimum atomic E-state index is -0.621. The summed E-state index contributed by atoms with van der Waals surface area (Å²) >= 11 is 1.19. The molecule has 0 bridgehead atoms. The molecule has 1 atom stereocenters. The number of hydrogen-bond donors (Lipinski definition) is 1. The third-order valence-electron chi connectivity index (χ3n) is 7.95. The minimum Gasteiger partial charge on any atom is -0.497 e. The van der Waals surface area contributed by atoms with Crippen LogP contribution in [-0.4, -0.2) is 64.4 Å². The number of ether oxygens (including phenoxy) is 3. The number of hydrogen-bond acceptors (Lipinski definition) is 9. The van der Waals surface area contributed by atoms with E-state index in [-0.39, 0.29) is 23.8 Å². The Labute approximate surface area is 286 Å². The number of nitrogens with zero attached hydrogens (tertiary/aromatic N) is 5. The van der Waals surface area contributed by atoms with E-state index in [1.54, 1.807) is 38.0 Å². The van der Waals surface area contributed by atoms with Crippen molar-refractivity contribution in [2.24, 2.45) is 5.10 Å². The van der Waals surface area contributed by atoms with Crippen LogP contribution < -0.4 is 19.5 Å². The van der Waals surface area contributed by atoms with Crippen LogP contribution in [0.3, 0.4) is 0 Å². The fourth-order valence-electron chi connectivity index (χ4n) is 5.55. The Balaban J connectivity index is 1.27. The number of amides is 2. The van der Waals surface area contributed by atoms with Crippen LogP contribution in [0.2, 0.25) is 0 Å². The number of para-hydroxylation sites is 2. The lowest BCUT2D eigenvalue weighted by Gasteiger charge is -2.24. The Hall–Kier alpha value is -5.69. The van der Waals surface area contributed by atoms with Crippen LogP contribution in [0.25, 0.3) is 5.69 Å². The number of aromatic nitrogens is 3. The van der Waals surface area contributed by atoms with Gasteiger partial charge in [-0.15, -0.1) is 10.2 Å². The molecule has 5 aromatic rings. The number of hydrazone groups is 1. The van der Waals surface area contributed by atoms with Gasteiger partial charge in [0, 0.05) is 17.7 Å². The molecular weight excluding hydrogens is 647 g/mol. The van der Waals surface area contributed by atoms with Gasteiger partial charge in [0.15, 0.2) is 22.5 Å². The molecule has 0 saturated heterocycles. The van der Waals surface area contributed by atoms with Gasteiger partial charge in [0.05, 0.1) is 50.9 Å². The molecule has 2 heterocycles. The number of methoxy groups -OCH3 is 3. The van der Waals surface area contributed by atoms with Crippen LogP contribution in [0.1, 0.15) is 39.8 Å². The molecule has 2 amide bonds. The zero-order valence-electron chi connectivity index (χ0n) is 27.0. The van der Waals surface area contributed by atoms with E-state index in [1.165, 1.54) is 35.0 Å². The molecule has 6 rings (SSSR count). The Kier molecular flexibility index (Phi) is 10.2. The van der Waals surface area contributed by atoms with Crippen molar-refractivity contribution in [1.82, 2.24) is 25.1 Å². The Morgan fingerprint density at radius 1 is 0.878 bits per heavy atom. The first-order chi connectivity index (χ1) is 23.9. The third-order valence-corrected chi connectivity index (χ3v) is 8.86. The summed E-state index contributed by atoms with van der Waals surface area (Å²) in [5.41, 5.74) is 3.01. The molecule has 13 heteroatoms. The maximum absolute atomic E-state index is 14.2. The van der Waals surface area contributed by atoms with Crippen molar-refractivity contribution in [2.45, 2.75) is 24.2 Å². The first-order valence-electron chi connectivity index (χ1n) is 15.3. The predicted molar refractivity (Wildman–Crippen MR) is 183 cm³/mol. The highest BCUT2D eigenvalue weighted by Crippen LogP contribution is 2.42. The molecule has 0 radical (unpaired) electrons. The molecular formula is C36H33FN6O5S. The summed E-state index contributed by atoms with van der Waals surface area (Å²) in [6, 6.07) is 27.7. The molecule has 4 aromatic carbocycles. The van der Waals surface area contributed by atoms with E-state index in [2.05, 4.69) is 15.5 Å². The van der Waals surface area contributed by atoms with Gasteiger partial charge in [-0.25, -0.2) is 9.40 Å². The highest BCUT2D eigenvalue weighted by atomic mass is 32.2. The third kappa shape index (κ3) is 7.11. The quantitative estimate of drug-likeness (QED) is 0.164. The highest BCUT2D eigenvalue weighted by Gasteiger charge is 2.36. The number of carbonyl (C=O) groups excluding carboxylic acids is 2. The maximum Gasteiger partial charge on any atom is 0.254 e. The lowest BCUT2D eigenvalue weighted by atomic mass is 9.97. The molecule has 1 aromatic heterocycles. The second kappa shape index (κ2) is 15.0. The first-order valence-corrected chi connectivity index (χ1v) is 16.3. The summed E-state index contributed by atoms with van der Waals surface area (Å²) in [5, 5.41) is 18.1. The Morgan fingerprint density at radius 2 is 1.63 bits per heavy atom. The van der Waals surface area contributed by atoms with Gasteiger partial charge in [0.1, 0.15) is 11.6 Å². The van der Waals surface area contributed by atoms with Crippen LogP contribution in [0.4, 0.5) is 4.39 Å². The second-order valence-electron chi connectivity index (χ2n) is 10.8. The summed E-state index contributed by atoms with van der Waals surface area (Å²) in [6.45, 7) is -0.0249. The fourth-order valence-corrected chi connectivity index (χ4v) is 6.38. The number of thioether (sulfide) groups is 1. The van der Waals surface area contributed by atoms with Gasteiger partial charge in [-0.2, -0.15) is 5.10 Å². The van der Waals surface area contributed by atoms with Crippen molar-refractivity contribution in [2.75, 3.05) is 27.1 Å². The van der Waals surface area contributed by atoms with Crippen molar-refractivity contribution in [3.8, 4) is 22.9 Å². The van der Waals surface area contributed by atoms with Gasteiger partial charge < -0.3 is 19.5 Å². The number of halogens is 1. The zero-order valence-corrected chi connectivity index (χ0v) is 27.8. The lowest BCUT2D eigenvalue weighted by molar-refractivity contribution is -0.130. The number of nitrogens with one attached hydrogen (secondary N) is 1. The first kappa shape index (κ1) is 33.2. The average molecular weight is 681 g/mol. The fraction of sp³-hybridized carbons (Fsp3) is 0.194. The molecule has 1 aliphatic heterocycles. The van der Waals surface area contributed by atoms with E-state index in [9.17, 15) is 14.0 Å². The smallest absolute Gasteiger partial charge is 0.254 e. The van der Waals surface area contributed by atoms with Crippen molar-refractivity contribution in [1.29, 1.82) is 0 Å². The molecule has 1 aliphatic rings. The monoisotopic (exact) mass is 680 g/mol. The highest BCUT2D eigenvalue weighted by molar-refractivity contribution is 7.99. The van der Waals surface area contributed by atoms with E-state index in [0.29, 0.717) is 34.7 Å². The number of carbonyl (C=O) groups is 2. The normalized spacial score (nSPS) is 13.9. The SMILES string of the molecule is COc1ccc(C2=NN(C(=O)CSc3nnc(CNC(=O)c4ccccc4F)n3-c3ccccc3)[C@@H](c3cccc(OC)c3OC)C2)cc1. The summed E-state index contributed by atoms with van der Waals surface area (Å²) < 4.78 is 32.6. The van der Waals surface area contributed by atoms with Gasteiger partial charge in [0.2, 0.25) is 0 Å². The van der Waals surface area contributed by atoms with Crippen LogP contribution in [0, 0.1) is 5.82 Å². The molecule has 49 heavy (non-hydrogen) atoms. The second-order valence-corrected chi connectivity index (χ2v) is 11.8.